The number of rotatable bonds is 10. The molecule has 2 aromatic heterocycles. The van der Waals surface area contributed by atoms with E-state index in [9.17, 15) is 23.6 Å². The summed E-state index contributed by atoms with van der Waals surface area (Å²) in [7, 11) is -10.8. The molecule has 0 saturated carbocycles. The third kappa shape index (κ3) is 6.76. The molecule has 28 heavy (non-hydrogen) atoms. The molecule has 0 fully saturated rings. The molecule has 0 bridgehead atoms. The van der Waals surface area contributed by atoms with Gasteiger partial charge in [-0.2, -0.15) is 0 Å². The number of ether oxygens (including phenoxy) is 1. The van der Waals surface area contributed by atoms with Crippen molar-refractivity contribution in [2.45, 2.75) is 12.3 Å². The van der Waals surface area contributed by atoms with Crippen LogP contribution in [0.4, 0.5) is 5.82 Å². The van der Waals surface area contributed by atoms with Gasteiger partial charge in [-0.3, -0.25) is 18.5 Å². The number of aromatic nitrogens is 4. The number of phosphoric ester groups is 1. The number of hydrogen-bond acceptors (Lipinski definition) is 12. The molecule has 148 valence electrons. The van der Waals surface area contributed by atoms with Crippen molar-refractivity contribution in [2.24, 2.45) is 0 Å². The second kappa shape index (κ2) is 10.1. The second-order valence-electron chi connectivity index (χ2n) is 4.73. The number of anilines is 1. The minimum absolute atomic E-state index is 0. The van der Waals surface area contributed by atoms with Gasteiger partial charge >= 0.3 is 37.4 Å². The van der Waals surface area contributed by atoms with Gasteiger partial charge in [0.25, 0.3) is 7.82 Å². The summed E-state index contributed by atoms with van der Waals surface area (Å²) in [6, 6.07) is 0. The molecule has 0 amide bonds. The fraction of sp³-hybridized carbons (Fsp3) is 0.300. The second-order valence-corrected chi connectivity index (χ2v) is 7.52. The topological polar surface area (TPSA) is 229 Å². The molecule has 2 rings (SSSR count). The maximum atomic E-state index is 11.3. The Morgan fingerprint density at radius 1 is 1.25 bits per heavy atom. The van der Waals surface area contributed by atoms with Gasteiger partial charge in [-0.1, -0.05) is 0 Å². The standard InChI is InChI=1S/C10H13N5O10P2.Na/c11-9-8-10(13-4-12-9)15(5-14-8)7(2-17)24-6(1-16)3-23-27(21,22)25-26(18,19)20;/h1-2,4-7H,3H2,(H,21,22)(H2,11,12,13)(H2,18,19,20);/q;+1/p-1/t6-,7-;/m1./s1. The average molecular weight is 447 g/mol. The number of carbonyl (C=O) groups is 2. The molecule has 2 unspecified atom stereocenters. The van der Waals surface area contributed by atoms with Crippen LogP contribution in [0.25, 0.3) is 11.2 Å². The van der Waals surface area contributed by atoms with E-state index < -0.39 is 34.6 Å². The van der Waals surface area contributed by atoms with Crippen molar-refractivity contribution in [3.05, 3.63) is 12.7 Å². The first-order chi connectivity index (χ1) is 12.6. The molecule has 0 radical (unpaired) electrons. The van der Waals surface area contributed by atoms with E-state index in [0.29, 0.717) is 0 Å². The Hall–Kier alpha value is -1.09. The number of phosphoric acid groups is 2. The van der Waals surface area contributed by atoms with E-state index in [0.717, 1.165) is 17.2 Å². The summed E-state index contributed by atoms with van der Waals surface area (Å²) in [5.41, 5.74) is 5.88. The van der Waals surface area contributed by atoms with Crippen LogP contribution in [-0.4, -0.2) is 54.6 Å². The molecule has 4 atom stereocenters. The first kappa shape index (κ1) is 24.9. The zero-order valence-corrected chi connectivity index (χ0v) is 17.9. The van der Waals surface area contributed by atoms with Gasteiger partial charge in [0.05, 0.1) is 12.9 Å². The van der Waals surface area contributed by atoms with Gasteiger partial charge in [-0.15, -0.1) is 0 Å². The van der Waals surface area contributed by atoms with Crippen LogP contribution in [0.5, 0.6) is 0 Å². The monoisotopic (exact) mass is 447 g/mol. The molecule has 2 heterocycles. The van der Waals surface area contributed by atoms with Gasteiger partial charge in [0.1, 0.15) is 17.9 Å². The van der Waals surface area contributed by atoms with Crippen LogP contribution >= 0.6 is 15.6 Å². The Labute approximate surface area is 178 Å². The predicted octanol–water partition coefficient (Wildman–Crippen LogP) is -4.71. The van der Waals surface area contributed by atoms with E-state index in [1.165, 1.54) is 0 Å². The Bertz CT molecular complexity index is 934. The van der Waals surface area contributed by atoms with Crippen LogP contribution in [0.1, 0.15) is 6.23 Å². The van der Waals surface area contributed by atoms with E-state index in [1.807, 2.05) is 0 Å². The number of carbonyl (C=O) groups excluding carboxylic acids is 2. The zero-order valence-electron chi connectivity index (χ0n) is 14.1. The molecule has 18 heteroatoms. The number of imidazole rings is 1. The zero-order chi connectivity index (χ0) is 20.2. The summed E-state index contributed by atoms with van der Waals surface area (Å²) >= 11 is 0. The Morgan fingerprint density at radius 2 is 1.93 bits per heavy atom. The molecule has 0 spiro atoms. The number of nitrogens with two attached hydrogens (primary N) is 1. The van der Waals surface area contributed by atoms with Crippen LogP contribution in [0, 0.1) is 0 Å². The van der Waals surface area contributed by atoms with Crippen LogP contribution in [-0.2, 0) is 32.3 Å². The molecule has 0 aliphatic carbocycles. The molecule has 0 aliphatic heterocycles. The Kier molecular flexibility index (Phi) is 8.99. The number of hydrogen-bond donors (Lipinski definition) is 3. The van der Waals surface area contributed by atoms with Crippen molar-refractivity contribution in [2.75, 3.05) is 12.3 Å². The summed E-state index contributed by atoms with van der Waals surface area (Å²) in [6.07, 6.45) is -0.444. The smallest absolute Gasteiger partial charge is 0.756 e. The minimum Gasteiger partial charge on any atom is -0.756 e. The van der Waals surface area contributed by atoms with E-state index in [2.05, 4.69) is 23.8 Å². The molecule has 0 saturated heterocycles. The molecule has 15 nitrogen and oxygen atoms in total. The summed E-state index contributed by atoms with van der Waals surface area (Å²) in [5, 5.41) is 0. The Morgan fingerprint density at radius 3 is 2.50 bits per heavy atom. The van der Waals surface area contributed by atoms with Crippen molar-refractivity contribution >= 4 is 45.2 Å². The summed E-state index contributed by atoms with van der Waals surface area (Å²) < 4.78 is 35.7. The van der Waals surface area contributed by atoms with Crippen LogP contribution < -0.4 is 40.2 Å². The summed E-state index contributed by atoms with van der Waals surface area (Å²) in [5.74, 6) is 0.0306. The largest absolute Gasteiger partial charge is 1.00 e. The normalized spacial score (nSPS) is 17.7. The Balaban J connectivity index is 0.00000392. The van der Waals surface area contributed by atoms with Crippen molar-refractivity contribution in [1.82, 2.24) is 19.5 Å². The van der Waals surface area contributed by atoms with E-state index in [4.69, 9.17) is 20.3 Å². The predicted molar refractivity (Wildman–Crippen MR) is 82.5 cm³/mol. The van der Waals surface area contributed by atoms with Gasteiger partial charge in [0.2, 0.25) is 0 Å². The van der Waals surface area contributed by atoms with Crippen LogP contribution in [0.15, 0.2) is 12.7 Å². The fourth-order valence-electron chi connectivity index (χ4n) is 1.83. The number of fused-ring (bicyclic) bond motifs is 1. The maximum absolute atomic E-state index is 11.3. The maximum Gasteiger partial charge on any atom is 1.00 e. The van der Waals surface area contributed by atoms with Crippen LogP contribution in [0.2, 0.25) is 0 Å². The SMILES string of the molecule is Nc1ncnc2c1ncn2[C@@H](C=O)O[C@H](C=O)COP(=O)(O)OP(=O)([O-])O.[Na+]. The van der Waals surface area contributed by atoms with Gasteiger partial charge in [0.15, 0.2) is 30.3 Å². The van der Waals surface area contributed by atoms with Crippen LogP contribution in [0.3, 0.4) is 0 Å². The van der Waals surface area contributed by atoms with E-state index >= 15 is 0 Å². The van der Waals surface area contributed by atoms with Gasteiger partial charge in [0, 0.05) is 0 Å². The molecule has 0 aromatic carbocycles. The fourth-order valence-corrected chi connectivity index (χ4v) is 3.40. The number of aldehydes is 2. The van der Waals surface area contributed by atoms with Crippen molar-refractivity contribution in [1.29, 1.82) is 0 Å². The molecule has 4 N–H and O–H groups in total. The third-order valence-corrected chi connectivity index (χ3v) is 4.98. The third-order valence-electron chi connectivity index (χ3n) is 2.85. The van der Waals surface area contributed by atoms with Gasteiger partial charge in [-0.25, -0.2) is 23.8 Å². The molecule has 2 aromatic rings. The quantitative estimate of drug-likeness (QED) is 0.177. The first-order valence-corrected chi connectivity index (χ1v) is 9.77. The average Bonchev–Trinajstić information content (AvgIpc) is 2.98. The van der Waals surface area contributed by atoms with Crippen molar-refractivity contribution < 1.29 is 76.5 Å². The summed E-state index contributed by atoms with van der Waals surface area (Å²) in [6.45, 7) is -0.981. The molecule has 0 aliphatic rings. The molecular formula is C10H12N5NaO10P2. The van der Waals surface area contributed by atoms with Gasteiger partial charge in [-0.05, 0) is 0 Å². The van der Waals surface area contributed by atoms with E-state index in [1.54, 1.807) is 0 Å². The van der Waals surface area contributed by atoms with E-state index in [-0.39, 0.29) is 59.1 Å². The number of nitrogens with zero attached hydrogens (tertiary/aromatic N) is 4. The summed E-state index contributed by atoms with van der Waals surface area (Å²) in [4.78, 5) is 61.9. The number of nitrogen functional groups attached to an aromatic ring is 1. The first-order valence-electron chi connectivity index (χ1n) is 6.78. The minimum atomic E-state index is -5.57. The molecular weight excluding hydrogens is 435 g/mol. The van der Waals surface area contributed by atoms with Crippen molar-refractivity contribution in [3.8, 4) is 0 Å². The van der Waals surface area contributed by atoms with Crippen molar-refractivity contribution in [3.63, 3.8) is 0 Å². The van der Waals surface area contributed by atoms with Gasteiger partial charge < -0.3 is 29.9 Å².